The third-order valence-electron chi connectivity index (χ3n) is 6.73. The zero-order valence-corrected chi connectivity index (χ0v) is 21.5. The topological polar surface area (TPSA) is 78.6 Å². The Morgan fingerprint density at radius 3 is 2.47 bits per heavy atom. The van der Waals surface area contributed by atoms with Crippen LogP contribution in [0.25, 0.3) is 0 Å². The predicted octanol–water partition coefficient (Wildman–Crippen LogP) is 4.22. The Balaban J connectivity index is 1.39. The molecule has 0 N–H and O–H groups in total. The third kappa shape index (κ3) is 6.12. The van der Waals surface area contributed by atoms with Crippen molar-refractivity contribution >= 4 is 29.1 Å². The van der Waals surface area contributed by atoms with E-state index in [0.717, 1.165) is 24.2 Å². The predicted molar refractivity (Wildman–Crippen MR) is 140 cm³/mol. The molecule has 1 saturated heterocycles. The molecule has 2 aliphatic rings. The first kappa shape index (κ1) is 26.1. The van der Waals surface area contributed by atoms with Gasteiger partial charge in [0.2, 0.25) is 0 Å². The van der Waals surface area contributed by atoms with Crippen LogP contribution in [0.15, 0.2) is 76.4 Å². The number of hydrogen-bond donors (Lipinski definition) is 0. The van der Waals surface area contributed by atoms with E-state index in [2.05, 4.69) is 10.0 Å². The normalized spacial score (nSPS) is 17.9. The average Bonchev–Trinajstić information content (AvgIpc) is 3.63. The Morgan fingerprint density at radius 2 is 1.79 bits per heavy atom. The van der Waals surface area contributed by atoms with Crippen LogP contribution >= 0.6 is 11.6 Å². The van der Waals surface area contributed by atoms with Crippen LogP contribution in [0.1, 0.15) is 34.1 Å². The summed E-state index contributed by atoms with van der Waals surface area (Å²) < 4.78 is 24.3. The van der Waals surface area contributed by atoms with E-state index in [1.807, 2.05) is 12.1 Å². The van der Waals surface area contributed by atoms with Crippen LogP contribution in [0.3, 0.4) is 0 Å². The summed E-state index contributed by atoms with van der Waals surface area (Å²) in [5, 5.41) is 6.67. The lowest BCUT2D eigenvalue weighted by molar-refractivity contribution is -0.133. The van der Waals surface area contributed by atoms with E-state index in [-0.39, 0.29) is 36.0 Å². The minimum atomic E-state index is -0.389. The Hall–Kier alpha value is -3.53. The largest absolute Gasteiger partial charge is 0.459 e. The number of amides is 2. The van der Waals surface area contributed by atoms with Gasteiger partial charge in [-0.1, -0.05) is 35.9 Å². The van der Waals surface area contributed by atoms with E-state index in [9.17, 15) is 14.0 Å². The summed E-state index contributed by atoms with van der Waals surface area (Å²) in [6.45, 7) is 3.60. The summed E-state index contributed by atoms with van der Waals surface area (Å²) in [6, 6.07) is 16.1. The van der Waals surface area contributed by atoms with E-state index in [0.29, 0.717) is 43.5 Å². The Morgan fingerprint density at radius 1 is 1.05 bits per heavy atom. The molecule has 1 fully saturated rings. The summed E-state index contributed by atoms with van der Waals surface area (Å²) in [5.41, 5.74) is 2.26. The van der Waals surface area contributed by atoms with Crippen LogP contribution < -0.4 is 0 Å². The molecule has 3 heterocycles. The number of carbonyl (C=O) groups is 2. The molecule has 2 aromatic carbocycles. The summed E-state index contributed by atoms with van der Waals surface area (Å²) in [6.07, 6.45) is 1.88. The maximum Gasteiger partial charge on any atom is 0.290 e. The highest BCUT2D eigenvalue weighted by Gasteiger charge is 2.35. The van der Waals surface area contributed by atoms with Crippen molar-refractivity contribution in [2.45, 2.75) is 12.5 Å². The van der Waals surface area contributed by atoms with E-state index in [1.54, 1.807) is 36.4 Å². The molecule has 0 bridgehead atoms. The minimum absolute atomic E-state index is 0.172. The summed E-state index contributed by atoms with van der Waals surface area (Å²) >= 11 is 6.10. The molecule has 3 aromatic rings. The van der Waals surface area contributed by atoms with Crippen LogP contribution in [0, 0.1) is 5.82 Å². The molecule has 1 aromatic heterocycles. The minimum Gasteiger partial charge on any atom is -0.459 e. The van der Waals surface area contributed by atoms with E-state index in [4.69, 9.17) is 20.8 Å². The van der Waals surface area contributed by atoms with Gasteiger partial charge in [0.15, 0.2) is 5.76 Å². The molecule has 8 nitrogen and oxygen atoms in total. The Labute approximate surface area is 225 Å². The second-order valence-electron chi connectivity index (χ2n) is 9.22. The number of morpholine rings is 1. The average molecular weight is 539 g/mol. The monoisotopic (exact) mass is 538 g/mol. The van der Waals surface area contributed by atoms with Gasteiger partial charge in [-0.05, 0) is 47.5 Å². The maximum atomic E-state index is 13.7. The molecule has 1 atom stereocenters. The first-order chi connectivity index (χ1) is 18.5. The number of rotatable bonds is 8. The smallest absolute Gasteiger partial charge is 0.290 e. The van der Waals surface area contributed by atoms with Gasteiger partial charge in [-0.15, -0.1) is 0 Å². The molecule has 10 heteroatoms. The molecule has 0 spiro atoms. The number of ether oxygens (including phenoxy) is 1. The zero-order chi connectivity index (χ0) is 26.5. The number of furan rings is 1. The Bertz CT molecular complexity index is 1280. The number of benzene rings is 2. The van der Waals surface area contributed by atoms with E-state index in [1.165, 1.54) is 28.3 Å². The number of hydrogen-bond acceptors (Lipinski definition) is 6. The third-order valence-corrected chi connectivity index (χ3v) is 6.99. The zero-order valence-electron chi connectivity index (χ0n) is 20.8. The lowest BCUT2D eigenvalue weighted by Gasteiger charge is -2.30. The van der Waals surface area contributed by atoms with Gasteiger partial charge in [0, 0.05) is 37.6 Å². The number of halogens is 2. The van der Waals surface area contributed by atoms with Gasteiger partial charge < -0.3 is 14.1 Å². The van der Waals surface area contributed by atoms with Crippen molar-refractivity contribution in [1.29, 1.82) is 0 Å². The molecule has 2 aliphatic heterocycles. The van der Waals surface area contributed by atoms with Gasteiger partial charge in [0.1, 0.15) is 12.4 Å². The van der Waals surface area contributed by atoms with Crippen LogP contribution in [0.5, 0.6) is 0 Å². The van der Waals surface area contributed by atoms with Gasteiger partial charge in [-0.25, -0.2) is 9.40 Å². The van der Waals surface area contributed by atoms with Gasteiger partial charge in [-0.3, -0.25) is 14.5 Å². The maximum absolute atomic E-state index is 13.7. The molecule has 0 aliphatic carbocycles. The fourth-order valence-corrected chi connectivity index (χ4v) is 4.76. The lowest BCUT2D eigenvalue weighted by Crippen LogP contribution is -2.46. The quantitative estimate of drug-likeness (QED) is 0.429. The molecule has 0 saturated carbocycles. The van der Waals surface area contributed by atoms with E-state index < -0.39 is 0 Å². The van der Waals surface area contributed by atoms with E-state index >= 15 is 0 Å². The highest BCUT2D eigenvalue weighted by molar-refractivity contribution is 6.30. The Kier molecular flexibility index (Phi) is 8.17. The SMILES string of the molecule is O=C(c1ccco1)N(CCN1CCOCC1)CC(=O)N1N=C(c2ccc(F)cc2)C[C@H]1c1ccc(Cl)cc1. The van der Waals surface area contributed by atoms with Crippen LogP contribution in [0.2, 0.25) is 5.02 Å². The first-order valence-electron chi connectivity index (χ1n) is 12.5. The fraction of sp³-hybridized carbons (Fsp3) is 0.321. The summed E-state index contributed by atoms with van der Waals surface area (Å²) in [7, 11) is 0. The molecular formula is C28H28ClFN4O4. The van der Waals surface area contributed by atoms with Gasteiger partial charge >= 0.3 is 0 Å². The van der Waals surface area contributed by atoms with Crippen LogP contribution in [-0.2, 0) is 9.53 Å². The van der Waals surface area contributed by atoms with Crippen LogP contribution in [0.4, 0.5) is 4.39 Å². The first-order valence-corrected chi connectivity index (χ1v) is 12.9. The number of hydrazone groups is 1. The fourth-order valence-electron chi connectivity index (χ4n) is 4.63. The van der Waals surface area contributed by atoms with Gasteiger partial charge in [-0.2, -0.15) is 5.10 Å². The molecule has 38 heavy (non-hydrogen) atoms. The van der Waals surface area contributed by atoms with Crippen molar-refractivity contribution in [1.82, 2.24) is 14.8 Å². The molecule has 2 amide bonds. The lowest BCUT2D eigenvalue weighted by atomic mass is 9.98. The molecule has 0 unspecified atom stereocenters. The molecule has 198 valence electrons. The van der Waals surface area contributed by atoms with Gasteiger partial charge in [0.25, 0.3) is 11.8 Å². The molecule has 5 rings (SSSR count). The van der Waals surface area contributed by atoms with Crippen molar-refractivity contribution < 1.29 is 23.1 Å². The highest BCUT2D eigenvalue weighted by atomic mass is 35.5. The number of carbonyl (C=O) groups excluding carboxylic acids is 2. The highest BCUT2D eigenvalue weighted by Crippen LogP contribution is 2.33. The second-order valence-corrected chi connectivity index (χ2v) is 9.66. The van der Waals surface area contributed by atoms with Crippen molar-refractivity contribution in [2.24, 2.45) is 5.10 Å². The number of nitrogens with zero attached hydrogens (tertiary/aromatic N) is 4. The van der Waals surface area contributed by atoms with Crippen molar-refractivity contribution in [3.8, 4) is 0 Å². The molecular weight excluding hydrogens is 511 g/mol. The summed E-state index contributed by atoms with van der Waals surface area (Å²) in [5.74, 6) is -0.863. The molecule has 0 radical (unpaired) electrons. The van der Waals surface area contributed by atoms with Crippen molar-refractivity contribution in [2.75, 3.05) is 45.9 Å². The van der Waals surface area contributed by atoms with Crippen LogP contribution in [-0.4, -0.2) is 78.3 Å². The second kappa shape index (κ2) is 11.9. The van der Waals surface area contributed by atoms with Crippen molar-refractivity contribution in [3.05, 3.63) is 94.7 Å². The van der Waals surface area contributed by atoms with Gasteiger partial charge in [0.05, 0.1) is 31.2 Å². The van der Waals surface area contributed by atoms with Crippen molar-refractivity contribution in [3.63, 3.8) is 0 Å². The standard InChI is InChI=1S/C28H28ClFN4O4/c29-22-7-3-21(4-8-22)25-18-24(20-5-9-23(30)10-6-20)31-34(25)27(35)19-33(28(36)26-2-1-15-38-26)12-11-32-13-16-37-17-14-32/h1-10,15,25H,11-14,16-19H2/t25-/m0/s1. The summed E-state index contributed by atoms with van der Waals surface area (Å²) in [4.78, 5) is 30.7.